The first-order valence-electron chi connectivity index (χ1n) is 5.96. The van der Waals surface area contributed by atoms with Gasteiger partial charge in [0.1, 0.15) is 0 Å². The van der Waals surface area contributed by atoms with Crippen LogP contribution in [0, 0.1) is 5.41 Å². The number of hydrogen-bond donors (Lipinski definition) is 1. The monoisotopic (exact) mass is 248 g/mol. The fraction of sp³-hybridized carbons (Fsp3) is 1.00. The molecule has 0 aliphatic carbocycles. The minimum Gasteiger partial charge on any atom is -0.330 e. The molecule has 0 aromatic rings. The van der Waals surface area contributed by atoms with Crippen LogP contribution in [-0.4, -0.2) is 50.5 Å². The highest BCUT2D eigenvalue weighted by molar-refractivity contribution is 7.91. The van der Waals surface area contributed by atoms with Crippen LogP contribution in [0.3, 0.4) is 0 Å². The average Bonchev–Trinajstić information content (AvgIpc) is 2.21. The zero-order valence-corrected chi connectivity index (χ0v) is 11.4. The summed E-state index contributed by atoms with van der Waals surface area (Å²) < 4.78 is 22.9. The van der Waals surface area contributed by atoms with Gasteiger partial charge < -0.3 is 5.73 Å². The molecule has 2 N–H and O–H groups in total. The molecule has 2 unspecified atom stereocenters. The van der Waals surface area contributed by atoms with Gasteiger partial charge in [-0.1, -0.05) is 13.8 Å². The Hall–Kier alpha value is -0.130. The van der Waals surface area contributed by atoms with Gasteiger partial charge in [0.2, 0.25) is 0 Å². The number of sulfone groups is 1. The van der Waals surface area contributed by atoms with Crippen molar-refractivity contribution in [1.82, 2.24) is 4.90 Å². The summed E-state index contributed by atoms with van der Waals surface area (Å²) in [5, 5.41) is 0. The van der Waals surface area contributed by atoms with Crippen LogP contribution < -0.4 is 5.73 Å². The molecule has 0 radical (unpaired) electrons. The highest BCUT2D eigenvalue weighted by Crippen LogP contribution is 2.23. The molecule has 1 heterocycles. The van der Waals surface area contributed by atoms with E-state index in [0.717, 1.165) is 13.0 Å². The van der Waals surface area contributed by atoms with Gasteiger partial charge in [0.25, 0.3) is 0 Å². The van der Waals surface area contributed by atoms with E-state index in [0.29, 0.717) is 18.8 Å². The van der Waals surface area contributed by atoms with Gasteiger partial charge in [-0.05, 0) is 25.3 Å². The molecule has 1 rings (SSSR count). The second-order valence-corrected chi connectivity index (χ2v) is 7.53. The van der Waals surface area contributed by atoms with E-state index >= 15 is 0 Å². The summed E-state index contributed by atoms with van der Waals surface area (Å²) >= 11 is 0. The van der Waals surface area contributed by atoms with Gasteiger partial charge in [0, 0.05) is 19.1 Å². The average molecular weight is 248 g/mol. The minimum atomic E-state index is -2.81. The summed E-state index contributed by atoms with van der Waals surface area (Å²) in [7, 11) is -2.81. The second-order valence-electron chi connectivity index (χ2n) is 5.30. The summed E-state index contributed by atoms with van der Waals surface area (Å²) in [6.07, 6.45) is 1.03. The van der Waals surface area contributed by atoms with Crippen molar-refractivity contribution in [3.05, 3.63) is 0 Å². The fourth-order valence-electron chi connectivity index (χ4n) is 2.08. The van der Waals surface area contributed by atoms with Crippen LogP contribution in [0.4, 0.5) is 0 Å². The zero-order chi connectivity index (χ0) is 12.4. The van der Waals surface area contributed by atoms with Crippen molar-refractivity contribution in [2.75, 3.05) is 31.1 Å². The molecule has 0 aromatic carbocycles. The topological polar surface area (TPSA) is 63.4 Å². The number of rotatable bonds is 4. The Bertz CT molecular complexity index is 323. The van der Waals surface area contributed by atoms with E-state index in [-0.39, 0.29) is 17.2 Å². The molecule has 2 atom stereocenters. The molecule has 4 nitrogen and oxygen atoms in total. The lowest BCUT2D eigenvalue weighted by Gasteiger charge is -2.39. The molecule has 0 amide bonds. The van der Waals surface area contributed by atoms with Gasteiger partial charge in [-0.25, -0.2) is 8.42 Å². The predicted octanol–water partition coefficient (Wildman–Crippen LogP) is 0.480. The van der Waals surface area contributed by atoms with Crippen molar-refractivity contribution in [3.8, 4) is 0 Å². The molecular weight excluding hydrogens is 224 g/mol. The van der Waals surface area contributed by atoms with Crippen LogP contribution in [0.25, 0.3) is 0 Å². The lowest BCUT2D eigenvalue weighted by molar-refractivity contribution is 0.137. The normalized spacial score (nSPS) is 29.9. The van der Waals surface area contributed by atoms with E-state index in [4.69, 9.17) is 5.73 Å². The van der Waals surface area contributed by atoms with Gasteiger partial charge in [-0.2, -0.15) is 0 Å². The Labute approximate surface area is 99.1 Å². The van der Waals surface area contributed by atoms with E-state index < -0.39 is 9.84 Å². The molecule has 1 saturated heterocycles. The first-order valence-corrected chi connectivity index (χ1v) is 7.78. The minimum absolute atomic E-state index is 0.107. The fourth-order valence-corrected chi connectivity index (χ4v) is 3.70. The zero-order valence-electron chi connectivity index (χ0n) is 10.6. The van der Waals surface area contributed by atoms with Crippen molar-refractivity contribution < 1.29 is 8.42 Å². The van der Waals surface area contributed by atoms with E-state index in [1.165, 1.54) is 0 Å². The third kappa shape index (κ3) is 3.43. The summed E-state index contributed by atoms with van der Waals surface area (Å²) in [5.74, 6) is 0.582. The quantitative estimate of drug-likeness (QED) is 0.786. The van der Waals surface area contributed by atoms with E-state index in [9.17, 15) is 8.42 Å². The third-order valence-electron chi connectivity index (χ3n) is 3.74. The third-order valence-corrected chi connectivity index (χ3v) is 5.53. The van der Waals surface area contributed by atoms with Crippen molar-refractivity contribution >= 4 is 9.84 Å². The number of hydrogen-bond acceptors (Lipinski definition) is 4. The van der Waals surface area contributed by atoms with Gasteiger partial charge in [0.05, 0.1) is 11.5 Å². The molecule has 0 saturated carbocycles. The maximum Gasteiger partial charge on any atom is 0.153 e. The van der Waals surface area contributed by atoms with Crippen LogP contribution in [0.5, 0.6) is 0 Å². The Morgan fingerprint density at radius 3 is 2.56 bits per heavy atom. The van der Waals surface area contributed by atoms with Crippen molar-refractivity contribution in [2.45, 2.75) is 33.2 Å². The van der Waals surface area contributed by atoms with Gasteiger partial charge >= 0.3 is 0 Å². The van der Waals surface area contributed by atoms with Gasteiger partial charge in [-0.15, -0.1) is 0 Å². The van der Waals surface area contributed by atoms with Crippen LogP contribution in [0.1, 0.15) is 27.2 Å². The van der Waals surface area contributed by atoms with Gasteiger partial charge in [-0.3, -0.25) is 4.90 Å². The first kappa shape index (κ1) is 13.9. The van der Waals surface area contributed by atoms with E-state index in [1.807, 2.05) is 6.92 Å². The van der Waals surface area contributed by atoms with Crippen LogP contribution in [0.2, 0.25) is 0 Å². The molecule has 16 heavy (non-hydrogen) atoms. The lowest BCUT2D eigenvalue weighted by atomic mass is 9.86. The molecule has 1 aliphatic heterocycles. The van der Waals surface area contributed by atoms with Crippen LogP contribution in [0.15, 0.2) is 0 Å². The maximum atomic E-state index is 11.5. The first-order chi connectivity index (χ1) is 7.32. The molecule has 1 aliphatic rings. The highest BCUT2D eigenvalue weighted by atomic mass is 32.2. The molecular formula is C11H24N2O2S. The Kier molecular flexibility index (Phi) is 4.37. The van der Waals surface area contributed by atoms with E-state index in [2.05, 4.69) is 18.7 Å². The lowest BCUT2D eigenvalue weighted by Crippen LogP contribution is -2.51. The molecule has 1 fully saturated rings. The second kappa shape index (κ2) is 5.02. The molecule has 0 spiro atoms. The smallest absolute Gasteiger partial charge is 0.153 e. The largest absolute Gasteiger partial charge is 0.330 e. The Morgan fingerprint density at radius 1 is 1.50 bits per heavy atom. The summed E-state index contributed by atoms with van der Waals surface area (Å²) in [5.41, 5.74) is 5.90. The highest BCUT2D eigenvalue weighted by Gasteiger charge is 2.32. The predicted molar refractivity (Wildman–Crippen MR) is 67.1 cm³/mol. The van der Waals surface area contributed by atoms with Crippen molar-refractivity contribution in [1.29, 1.82) is 0 Å². The van der Waals surface area contributed by atoms with Crippen molar-refractivity contribution in [3.63, 3.8) is 0 Å². The molecule has 5 heteroatoms. The summed E-state index contributed by atoms with van der Waals surface area (Å²) in [6.45, 7) is 8.50. The van der Waals surface area contributed by atoms with Gasteiger partial charge in [0.15, 0.2) is 9.84 Å². The number of nitrogens with zero attached hydrogens (tertiary/aromatic N) is 1. The van der Waals surface area contributed by atoms with Crippen LogP contribution in [-0.2, 0) is 9.84 Å². The maximum absolute atomic E-state index is 11.5. The number of nitrogens with two attached hydrogens (primary N) is 1. The standard InChI is InChI=1S/C11H24N2O2S/c1-4-11(3,8-12)9-13-5-6-16(14,15)7-10(13)2/h10H,4-9,12H2,1-3H3. The summed E-state index contributed by atoms with van der Waals surface area (Å²) in [6, 6.07) is 0.121. The molecule has 0 bridgehead atoms. The SMILES string of the molecule is CCC(C)(CN)CN1CCS(=O)(=O)CC1C. The Balaban J connectivity index is 2.63. The Morgan fingerprint density at radius 2 is 2.12 bits per heavy atom. The van der Waals surface area contributed by atoms with Crippen LogP contribution >= 0.6 is 0 Å². The molecule has 0 aromatic heterocycles. The summed E-state index contributed by atoms with van der Waals surface area (Å²) in [4.78, 5) is 2.26. The van der Waals surface area contributed by atoms with Crippen molar-refractivity contribution in [2.24, 2.45) is 11.1 Å². The molecule has 96 valence electrons. The van der Waals surface area contributed by atoms with E-state index in [1.54, 1.807) is 0 Å².